The first-order chi connectivity index (χ1) is 14.1. The van der Waals surface area contributed by atoms with Crippen LogP contribution in [0.3, 0.4) is 0 Å². The minimum absolute atomic E-state index is 0.00155. The lowest BCUT2D eigenvalue weighted by atomic mass is 9.85. The summed E-state index contributed by atoms with van der Waals surface area (Å²) in [4.78, 5) is 30.3. The standard InChI is InChI=1S/C24H27FN2O2/c25-21-10-4-9-19(17-21)11-12-22(28)27-16-6-14-24(27)13-5-15-26(23(24)29)18-20-7-2-1-3-8-20/h1-4,7-10,17H,5-6,11-16,18H2. The van der Waals surface area contributed by atoms with Gasteiger partial charge in [-0.25, -0.2) is 4.39 Å². The number of likely N-dealkylation sites (tertiary alicyclic amines) is 2. The number of halogens is 1. The molecule has 4 rings (SSSR count). The highest BCUT2D eigenvalue weighted by Crippen LogP contribution is 2.39. The Morgan fingerprint density at radius 3 is 2.45 bits per heavy atom. The molecular formula is C24H27FN2O2. The summed E-state index contributed by atoms with van der Waals surface area (Å²) in [6.07, 6.45) is 4.04. The van der Waals surface area contributed by atoms with Gasteiger partial charge in [-0.05, 0) is 55.4 Å². The molecule has 1 spiro atoms. The Morgan fingerprint density at radius 2 is 1.69 bits per heavy atom. The minimum Gasteiger partial charge on any atom is -0.336 e. The lowest BCUT2D eigenvalue weighted by Crippen LogP contribution is -2.61. The first kappa shape index (κ1) is 19.6. The van der Waals surface area contributed by atoms with Crippen LogP contribution in [0.1, 0.15) is 43.2 Å². The van der Waals surface area contributed by atoms with Gasteiger partial charge in [0.25, 0.3) is 0 Å². The number of carbonyl (C=O) groups is 2. The summed E-state index contributed by atoms with van der Waals surface area (Å²) in [5, 5.41) is 0. The number of benzene rings is 2. The van der Waals surface area contributed by atoms with Crippen LogP contribution in [0.4, 0.5) is 4.39 Å². The van der Waals surface area contributed by atoms with Crippen molar-refractivity contribution < 1.29 is 14.0 Å². The van der Waals surface area contributed by atoms with E-state index in [4.69, 9.17) is 0 Å². The van der Waals surface area contributed by atoms with Gasteiger partial charge in [0.15, 0.2) is 0 Å². The second-order valence-electron chi connectivity index (χ2n) is 8.13. The number of carbonyl (C=O) groups excluding carboxylic acids is 2. The maximum Gasteiger partial charge on any atom is 0.248 e. The number of aryl methyl sites for hydroxylation is 1. The molecule has 0 saturated carbocycles. The molecule has 152 valence electrons. The van der Waals surface area contributed by atoms with Gasteiger partial charge in [-0.2, -0.15) is 0 Å². The molecule has 29 heavy (non-hydrogen) atoms. The van der Waals surface area contributed by atoms with Crippen LogP contribution in [-0.4, -0.2) is 40.2 Å². The summed E-state index contributed by atoms with van der Waals surface area (Å²) in [7, 11) is 0. The molecule has 1 unspecified atom stereocenters. The largest absolute Gasteiger partial charge is 0.336 e. The van der Waals surface area contributed by atoms with Gasteiger partial charge in [-0.15, -0.1) is 0 Å². The van der Waals surface area contributed by atoms with Crippen LogP contribution in [0, 0.1) is 5.82 Å². The molecule has 5 heteroatoms. The van der Waals surface area contributed by atoms with Crippen molar-refractivity contribution in [2.75, 3.05) is 13.1 Å². The lowest BCUT2D eigenvalue weighted by molar-refractivity contribution is -0.155. The van der Waals surface area contributed by atoms with Crippen molar-refractivity contribution in [2.45, 2.75) is 50.6 Å². The number of nitrogens with zero attached hydrogens (tertiary/aromatic N) is 2. The minimum atomic E-state index is -0.688. The van der Waals surface area contributed by atoms with E-state index in [1.807, 2.05) is 46.2 Å². The van der Waals surface area contributed by atoms with Gasteiger partial charge in [0.05, 0.1) is 0 Å². The summed E-state index contributed by atoms with van der Waals surface area (Å²) >= 11 is 0. The first-order valence-electron chi connectivity index (χ1n) is 10.5. The summed E-state index contributed by atoms with van der Waals surface area (Å²) in [5.41, 5.74) is 1.23. The van der Waals surface area contributed by atoms with Crippen LogP contribution < -0.4 is 0 Å². The maximum atomic E-state index is 13.5. The Bertz CT molecular complexity index is 885. The molecular weight excluding hydrogens is 367 g/mol. The number of rotatable bonds is 5. The third kappa shape index (κ3) is 4.04. The molecule has 0 bridgehead atoms. The van der Waals surface area contributed by atoms with E-state index < -0.39 is 5.54 Å². The molecule has 2 saturated heterocycles. The predicted octanol–water partition coefficient (Wildman–Crippen LogP) is 3.94. The fourth-order valence-electron chi connectivity index (χ4n) is 4.82. The highest BCUT2D eigenvalue weighted by atomic mass is 19.1. The Kier molecular flexibility index (Phi) is 5.65. The number of hydrogen-bond acceptors (Lipinski definition) is 2. The molecule has 0 aromatic heterocycles. The summed E-state index contributed by atoms with van der Waals surface area (Å²) in [6.45, 7) is 1.96. The molecule has 0 radical (unpaired) electrons. The summed E-state index contributed by atoms with van der Waals surface area (Å²) in [5.74, 6) is -0.197. The van der Waals surface area contributed by atoms with Gasteiger partial charge in [0.1, 0.15) is 11.4 Å². The van der Waals surface area contributed by atoms with Crippen molar-refractivity contribution in [1.82, 2.24) is 9.80 Å². The van der Waals surface area contributed by atoms with Gasteiger partial charge in [-0.1, -0.05) is 42.5 Å². The van der Waals surface area contributed by atoms with E-state index in [2.05, 4.69) is 0 Å². The second kappa shape index (κ2) is 8.36. The average molecular weight is 394 g/mol. The van der Waals surface area contributed by atoms with E-state index in [1.54, 1.807) is 6.07 Å². The Labute approximate surface area is 171 Å². The lowest BCUT2D eigenvalue weighted by Gasteiger charge is -2.44. The van der Waals surface area contributed by atoms with Crippen molar-refractivity contribution >= 4 is 11.8 Å². The molecule has 4 nitrogen and oxygen atoms in total. The fraction of sp³-hybridized carbons (Fsp3) is 0.417. The first-order valence-corrected chi connectivity index (χ1v) is 10.5. The average Bonchev–Trinajstić information content (AvgIpc) is 3.15. The maximum absolute atomic E-state index is 13.5. The van der Waals surface area contributed by atoms with E-state index in [9.17, 15) is 14.0 Å². The van der Waals surface area contributed by atoms with Crippen molar-refractivity contribution in [1.29, 1.82) is 0 Å². The van der Waals surface area contributed by atoms with Crippen LogP contribution in [0.5, 0.6) is 0 Å². The van der Waals surface area contributed by atoms with E-state index >= 15 is 0 Å². The summed E-state index contributed by atoms with van der Waals surface area (Å²) in [6, 6.07) is 16.4. The topological polar surface area (TPSA) is 40.6 Å². The molecule has 2 aromatic carbocycles. The highest BCUT2D eigenvalue weighted by molar-refractivity contribution is 5.92. The Hall–Kier alpha value is -2.69. The van der Waals surface area contributed by atoms with E-state index in [1.165, 1.54) is 12.1 Å². The Balaban J connectivity index is 1.46. The molecule has 2 amide bonds. The molecule has 2 aromatic rings. The van der Waals surface area contributed by atoms with Crippen LogP contribution in [0.15, 0.2) is 54.6 Å². The SMILES string of the molecule is O=C(CCc1cccc(F)c1)N1CCCC12CCCN(Cc1ccccc1)C2=O. The number of hydrogen-bond donors (Lipinski definition) is 0. The number of piperidine rings is 1. The van der Waals surface area contributed by atoms with E-state index in [0.29, 0.717) is 25.9 Å². The van der Waals surface area contributed by atoms with Crippen LogP contribution in [-0.2, 0) is 22.6 Å². The third-order valence-corrected chi connectivity index (χ3v) is 6.23. The second-order valence-corrected chi connectivity index (χ2v) is 8.13. The Morgan fingerprint density at radius 1 is 0.966 bits per heavy atom. The van der Waals surface area contributed by atoms with Crippen molar-refractivity contribution in [3.8, 4) is 0 Å². The third-order valence-electron chi connectivity index (χ3n) is 6.23. The van der Waals surface area contributed by atoms with Crippen molar-refractivity contribution in [3.63, 3.8) is 0 Å². The van der Waals surface area contributed by atoms with Crippen molar-refractivity contribution in [2.24, 2.45) is 0 Å². The zero-order chi connectivity index (χ0) is 20.3. The van der Waals surface area contributed by atoms with Gasteiger partial charge in [0, 0.05) is 26.1 Å². The molecule has 2 heterocycles. The number of amides is 2. The van der Waals surface area contributed by atoms with E-state index in [-0.39, 0.29) is 17.6 Å². The summed E-state index contributed by atoms with van der Waals surface area (Å²) < 4.78 is 13.4. The van der Waals surface area contributed by atoms with Gasteiger partial charge < -0.3 is 9.80 Å². The van der Waals surface area contributed by atoms with Crippen LogP contribution in [0.2, 0.25) is 0 Å². The molecule has 0 aliphatic carbocycles. The predicted molar refractivity (Wildman–Crippen MR) is 109 cm³/mol. The molecule has 1 atom stereocenters. The fourth-order valence-corrected chi connectivity index (χ4v) is 4.82. The van der Waals surface area contributed by atoms with Crippen LogP contribution >= 0.6 is 0 Å². The zero-order valence-electron chi connectivity index (χ0n) is 16.6. The zero-order valence-corrected chi connectivity index (χ0v) is 16.6. The molecule has 0 N–H and O–H groups in total. The highest BCUT2D eigenvalue weighted by Gasteiger charge is 2.52. The monoisotopic (exact) mass is 394 g/mol. The van der Waals surface area contributed by atoms with Crippen LogP contribution in [0.25, 0.3) is 0 Å². The molecule has 2 fully saturated rings. The van der Waals surface area contributed by atoms with Gasteiger partial charge in [0.2, 0.25) is 11.8 Å². The normalized spacial score (nSPS) is 21.8. The molecule has 2 aliphatic heterocycles. The quantitative estimate of drug-likeness (QED) is 0.771. The molecule has 2 aliphatic rings. The van der Waals surface area contributed by atoms with Gasteiger partial charge in [-0.3, -0.25) is 9.59 Å². The van der Waals surface area contributed by atoms with E-state index in [0.717, 1.165) is 43.4 Å². The van der Waals surface area contributed by atoms with Gasteiger partial charge >= 0.3 is 0 Å². The van der Waals surface area contributed by atoms with Crippen molar-refractivity contribution in [3.05, 3.63) is 71.5 Å². The smallest absolute Gasteiger partial charge is 0.248 e.